The van der Waals surface area contributed by atoms with Crippen LogP contribution in [-0.4, -0.2) is 54.7 Å². The van der Waals surface area contributed by atoms with Crippen molar-refractivity contribution >= 4 is 17.9 Å². The number of rotatable bonds is 6. The van der Waals surface area contributed by atoms with Gasteiger partial charge in [0.05, 0.1) is 5.92 Å². The molecule has 0 saturated carbocycles. The lowest BCUT2D eigenvalue weighted by molar-refractivity contribution is -0.143. The summed E-state index contributed by atoms with van der Waals surface area (Å²) in [6, 6.07) is 6.83. The molecular weight excluding hydrogens is 338 g/mol. The molecule has 1 aromatic rings. The summed E-state index contributed by atoms with van der Waals surface area (Å²) in [5, 5.41) is 14.5. The maximum atomic E-state index is 12.4. The molecule has 0 bridgehead atoms. The Balaban J connectivity index is 1.88. The zero-order valence-electron chi connectivity index (χ0n) is 15.0. The van der Waals surface area contributed by atoms with Gasteiger partial charge in [0, 0.05) is 26.7 Å². The number of hydrogen-bond acceptors (Lipinski definition) is 4. The number of likely N-dealkylation sites (tertiary alicyclic amines) is 1. The number of carbonyl (C=O) groups excluding carboxylic acids is 2. The average molecular weight is 363 g/mol. The summed E-state index contributed by atoms with van der Waals surface area (Å²) < 4.78 is 5.38. The largest absolute Gasteiger partial charge is 0.484 e. The van der Waals surface area contributed by atoms with Crippen LogP contribution in [0.5, 0.6) is 5.75 Å². The third-order valence-corrected chi connectivity index (χ3v) is 4.29. The SMILES string of the molecule is CNC(=O)COc1cccc(CNC(=O)N2CC(C)CC(C(=O)O)C2)c1. The molecule has 1 aromatic carbocycles. The summed E-state index contributed by atoms with van der Waals surface area (Å²) in [7, 11) is 1.54. The van der Waals surface area contributed by atoms with E-state index in [4.69, 9.17) is 4.74 Å². The van der Waals surface area contributed by atoms with Gasteiger partial charge >= 0.3 is 12.0 Å². The Bertz CT molecular complexity index is 664. The fraction of sp³-hybridized carbons (Fsp3) is 0.500. The van der Waals surface area contributed by atoms with Gasteiger partial charge < -0.3 is 25.4 Å². The molecule has 2 atom stereocenters. The van der Waals surface area contributed by atoms with Gasteiger partial charge in [0.25, 0.3) is 5.91 Å². The van der Waals surface area contributed by atoms with Crippen molar-refractivity contribution in [2.45, 2.75) is 19.9 Å². The number of urea groups is 1. The second-order valence-electron chi connectivity index (χ2n) is 6.55. The molecule has 3 amide bonds. The van der Waals surface area contributed by atoms with Crippen molar-refractivity contribution in [2.24, 2.45) is 11.8 Å². The molecule has 1 aliphatic heterocycles. The molecular formula is C18H25N3O5. The number of amides is 3. The normalized spacial score (nSPS) is 19.5. The molecule has 0 spiro atoms. The average Bonchev–Trinajstić information content (AvgIpc) is 2.63. The van der Waals surface area contributed by atoms with Gasteiger partial charge in [0.2, 0.25) is 0 Å². The summed E-state index contributed by atoms with van der Waals surface area (Å²) in [6.45, 7) is 2.93. The summed E-state index contributed by atoms with van der Waals surface area (Å²) in [4.78, 5) is 36.4. The third-order valence-electron chi connectivity index (χ3n) is 4.29. The first kappa shape index (κ1) is 19.6. The Morgan fingerprint density at radius 2 is 2.08 bits per heavy atom. The minimum atomic E-state index is -0.865. The second kappa shape index (κ2) is 9.07. The van der Waals surface area contributed by atoms with Gasteiger partial charge in [-0.25, -0.2) is 4.79 Å². The summed E-state index contributed by atoms with van der Waals surface area (Å²) >= 11 is 0. The number of carbonyl (C=O) groups is 3. The molecule has 8 heteroatoms. The molecule has 26 heavy (non-hydrogen) atoms. The van der Waals surface area contributed by atoms with Crippen molar-refractivity contribution in [1.29, 1.82) is 0 Å². The van der Waals surface area contributed by atoms with E-state index in [2.05, 4.69) is 10.6 Å². The quantitative estimate of drug-likeness (QED) is 0.700. The first-order valence-corrected chi connectivity index (χ1v) is 8.57. The number of nitrogens with zero attached hydrogens (tertiary/aromatic N) is 1. The van der Waals surface area contributed by atoms with E-state index in [9.17, 15) is 19.5 Å². The van der Waals surface area contributed by atoms with Crippen molar-refractivity contribution in [3.63, 3.8) is 0 Å². The Kier molecular flexibility index (Phi) is 6.82. The number of piperidine rings is 1. The Morgan fingerprint density at radius 1 is 1.31 bits per heavy atom. The van der Waals surface area contributed by atoms with Crippen LogP contribution in [0.1, 0.15) is 18.9 Å². The molecule has 0 radical (unpaired) electrons. The maximum Gasteiger partial charge on any atom is 0.317 e. The standard InChI is InChI=1S/C18H25N3O5/c1-12-6-14(17(23)24)10-21(9-12)18(25)20-8-13-4-3-5-15(7-13)26-11-16(22)19-2/h3-5,7,12,14H,6,8-11H2,1-2H3,(H,19,22)(H,20,25)(H,23,24). The van der Waals surface area contributed by atoms with E-state index in [0.29, 0.717) is 25.3 Å². The van der Waals surface area contributed by atoms with Crippen LogP contribution >= 0.6 is 0 Å². The molecule has 3 N–H and O–H groups in total. The third kappa shape index (κ3) is 5.65. The van der Waals surface area contributed by atoms with E-state index >= 15 is 0 Å². The highest BCUT2D eigenvalue weighted by molar-refractivity contribution is 5.77. The lowest BCUT2D eigenvalue weighted by Gasteiger charge is -2.34. The van der Waals surface area contributed by atoms with Gasteiger partial charge in [-0.3, -0.25) is 9.59 Å². The van der Waals surface area contributed by atoms with Crippen LogP contribution in [0.4, 0.5) is 4.79 Å². The fourth-order valence-corrected chi connectivity index (χ4v) is 2.95. The van der Waals surface area contributed by atoms with Gasteiger partial charge in [0.1, 0.15) is 5.75 Å². The van der Waals surface area contributed by atoms with Crippen molar-refractivity contribution in [2.75, 3.05) is 26.7 Å². The van der Waals surface area contributed by atoms with Crippen molar-refractivity contribution in [3.8, 4) is 5.75 Å². The number of nitrogens with one attached hydrogen (secondary N) is 2. The zero-order chi connectivity index (χ0) is 19.1. The maximum absolute atomic E-state index is 12.4. The van der Waals surface area contributed by atoms with Crippen LogP contribution in [0.25, 0.3) is 0 Å². The van der Waals surface area contributed by atoms with Crippen molar-refractivity contribution in [3.05, 3.63) is 29.8 Å². The first-order valence-electron chi connectivity index (χ1n) is 8.57. The number of hydrogen-bond donors (Lipinski definition) is 3. The van der Waals surface area contributed by atoms with Crippen LogP contribution in [0.15, 0.2) is 24.3 Å². The zero-order valence-corrected chi connectivity index (χ0v) is 15.0. The molecule has 1 aliphatic rings. The van der Waals surface area contributed by atoms with Crippen LogP contribution < -0.4 is 15.4 Å². The Labute approximate surface area is 152 Å². The number of carboxylic acid groups (broad SMARTS) is 1. The number of ether oxygens (including phenoxy) is 1. The highest BCUT2D eigenvalue weighted by atomic mass is 16.5. The molecule has 142 valence electrons. The topological polar surface area (TPSA) is 108 Å². The summed E-state index contributed by atoms with van der Waals surface area (Å²) in [5.74, 6) is -0.924. The first-order chi connectivity index (χ1) is 12.4. The highest BCUT2D eigenvalue weighted by Crippen LogP contribution is 2.22. The number of carboxylic acids is 1. The van der Waals surface area contributed by atoms with E-state index < -0.39 is 11.9 Å². The molecule has 1 fully saturated rings. The van der Waals surface area contributed by atoms with Crippen LogP contribution in [0.2, 0.25) is 0 Å². The van der Waals surface area contributed by atoms with Gasteiger partial charge in [-0.05, 0) is 30.0 Å². The minimum Gasteiger partial charge on any atom is -0.484 e. The predicted octanol–water partition coefficient (Wildman–Crippen LogP) is 1.06. The van der Waals surface area contributed by atoms with Gasteiger partial charge in [-0.15, -0.1) is 0 Å². The molecule has 1 saturated heterocycles. The molecule has 2 unspecified atom stereocenters. The van der Waals surface area contributed by atoms with Crippen LogP contribution in [0.3, 0.4) is 0 Å². The number of likely N-dealkylation sites (N-methyl/N-ethyl adjacent to an activating group) is 1. The van der Waals surface area contributed by atoms with Gasteiger partial charge in [-0.1, -0.05) is 19.1 Å². The lowest BCUT2D eigenvalue weighted by atomic mass is 9.91. The lowest BCUT2D eigenvalue weighted by Crippen LogP contribution is -2.49. The highest BCUT2D eigenvalue weighted by Gasteiger charge is 2.31. The molecule has 0 aliphatic carbocycles. The molecule has 1 heterocycles. The van der Waals surface area contributed by atoms with E-state index in [-0.39, 0.29) is 31.0 Å². The Morgan fingerprint density at radius 3 is 2.77 bits per heavy atom. The van der Waals surface area contributed by atoms with Gasteiger partial charge in [-0.2, -0.15) is 0 Å². The number of aliphatic carboxylic acids is 1. The Hall–Kier alpha value is -2.77. The molecule has 0 aromatic heterocycles. The van der Waals surface area contributed by atoms with E-state index in [0.717, 1.165) is 5.56 Å². The van der Waals surface area contributed by atoms with Crippen LogP contribution in [-0.2, 0) is 16.1 Å². The second-order valence-corrected chi connectivity index (χ2v) is 6.55. The summed E-state index contributed by atoms with van der Waals surface area (Å²) in [6.07, 6.45) is 0.587. The molecule has 2 rings (SSSR count). The van der Waals surface area contributed by atoms with Crippen molar-refractivity contribution in [1.82, 2.24) is 15.5 Å². The predicted molar refractivity (Wildman–Crippen MR) is 94.7 cm³/mol. The minimum absolute atomic E-state index is 0.0748. The van der Waals surface area contributed by atoms with Crippen molar-refractivity contribution < 1.29 is 24.2 Å². The molecule has 8 nitrogen and oxygen atoms in total. The monoisotopic (exact) mass is 363 g/mol. The van der Waals surface area contributed by atoms with E-state index in [1.165, 1.54) is 7.05 Å². The van der Waals surface area contributed by atoms with E-state index in [1.54, 1.807) is 23.1 Å². The summed E-state index contributed by atoms with van der Waals surface area (Å²) in [5.41, 5.74) is 0.826. The fourth-order valence-electron chi connectivity index (χ4n) is 2.95. The number of benzene rings is 1. The smallest absolute Gasteiger partial charge is 0.317 e. The van der Waals surface area contributed by atoms with E-state index in [1.807, 2.05) is 13.0 Å². The van der Waals surface area contributed by atoms with Gasteiger partial charge in [0.15, 0.2) is 6.61 Å². The van der Waals surface area contributed by atoms with Crippen LogP contribution in [0, 0.1) is 11.8 Å².